The monoisotopic (exact) mass is 453 g/mol. The lowest BCUT2D eigenvalue weighted by atomic mass is 10.0. The Morgan fingerprint density at radius 3 is 2.47 bits per heavy atom. The van der Waals surface area contributed by atoms with Crippen molar-refractivity contribution >= 4 is 21.5 Å². The molecule has 2 unspecified atom stereocenters. The van der Waals surface area contributed by atoms with Crippen LogP contribution in [0.5, 0.6) is 5.88 Å². The number of nitrogens with one attached hydrogen (secondary N) is 1. The van der Waals surface area contributed by atoms with Crippen LogP contribution in [0.3, 0.4) is 0 Å². The minimum absolute atomic E-state index is 0.0328. The van der Waals surface area contributed by atoms with Crippen LogP contribution in [0.1, 0.15) is 55.2 Å². The maximum Gasteiger partial charge on any atom is 0.221 e. The van der Waals surface area contributed by atoms with Crippen molar-refractivity contribution in [3.05, 3.63) is 41.2 Å². The van der Waals surface area contributed by atoms with Gasteiger partial charge in [-0.05, 0) is 63.3 Å². The van der Waals surface area contributed by atoms with E-state index in [4.69, 9.17) is 10.00 Å². The van der Waals surface area contributed by atoms with Crippen LogP contribution in [0.15, 0.2) is 24.5 Å². The highest BCUT2D eigenvalue weighted by molar-refractivity contribution is 7.90. The van der Waals surface area contributed by atoms with Gasteiger partial charge >= 0.3 is 0 Å². The van der Waals surface area contributed by atoms with Gasteiger partial charge in [0, 0.05) is 30.6 Å². The van der Waals surface area contributed by atoms with Gasteiger partial charge in [-0.15, -0.1) is 0 Å². The second-order valence-electron chi connectivity index (χ2n) is 9.09. The topological polar surface area (TPSA) is 108 Å². The number of hydrogen-bond donors (Lipinski definition) is 1. The molecule has 0 spiro atoms. The number of fused-ring (bicyclic) bond motifs is 2. The average molecular weight is 454 g/mol. The van der Waals surface area contributed by atoms with Crippen LogP contribution in [-0.4, -0.2) is 46.1 Å². The first kappa shape index (κ1) is 21.2. The molecule has 168 valence electrons. The predicted molar refractivity (Wildman–Crippen MR) is 120 cm³/mol. The van der Waals surface area contributed by atoms with E-state index in [1.54, 1.807) is 10.4 Å². The van der Waals surface area contributed by atoms with Gasteiger partial charge in [-0.1, -0.05) is 0 Å². The van der Waals surface area contributed by atoms with E-state index < -0.39 is 10.0 Å². The SMILES string of the molecule is Cc1cc(C#N)ccc1Nc1ncnc(OC2CC3CCC(C2)N3S(=O)(=O)C2CC2)c1C. The number of aromatic nitrogens is 2. The normalized spacial score (nSPS) is 25.3. The lowest BCUT2D eigenvalue weighted by molar-refractivity contribution is 0.0910. The van der Waals surface area contributed by atoms with Crippen molar-refractivity contribution in [1.82, 2.24) is 14.3 Å². The quantitative estimate of drug-likeness (QED) is 0.712. The summed E-state index contributed by atoms with van der Waals surface area (Å²) in [6.07, 6.45) is 6.22. The zero-order chi connectivity index (χ0) is 22.5. The van der Waals surface area contributed by atoms with Crippen molar-refractivity contribution in [2.45, 2.75) is 75.8 Å². The number of hydrogen-bond acceptors (Lipinski definition) is 7. The first-order chi connectivity index (χ1) is 15.4. The van der Waals surface area contributed by atoms with Crippen molar-refractivity contribution in [3.63, 3.8) is 0 Å². The molecule has 2 atom stereocenters. The summed E-state index contributed by atoms with van der Waals surface area (Å²) >= 11 is 0. The van der Waals surface area contributed by atoms with E-state index in [1.165, 1.54) is 6.33 Å². The van der Waals surface area contributed by atoms with E-state index in [2.05, 4.69) is 21.4 Å². The zero-order valence-electron chi connectivity index (χ0n) is 18.3. The van der Waals surface area contributed by atoms with Crippen molar-refractivity contribution in [3.8, 4) is 11.9 Å². The fraction of sp³-hybridized carbons (Fsp3) is 0.522. The second kappa shape index (κ2) is 8.01. The molecule has 2 aliphatic heterocycles. The summed E-state index contributed by atoms with van der Waals surface area (Å²) in [7, 11) is -3.16. The largest absolute Gasteiger partial charge is 0.474 e. The molecule has 9 heteroatoms. The van der Waals surface area contributed by atoms with E-state index in [-0.39, 0.29) is 23.4 Å². The van der Waals surface area contributed by atoms with Crippen LogP contribution in [-0.2, 0) is 10.0 Å². The second-order valence-corrected chi connectivity index (χ2v) is 11.2. The van der Waals surface area contributed by atoms with Crippen LogP contribution in [0.25, 0.3) is 0 Å². The molecule has 1 N–H and O–H groups in total. The molecule has 3 heterocycles. The molecule has 1 aliphatic carbocycles. The highest BCUT2D eigenvalue weighted by Gasteiger charge is 2.52. The highest BCUT2D eigenvalue weighted by atomic mass is 32.2. The molecule has 1 saturated carbocycles. The number of piperidine rings is 1. The number of ether oxygens (including phenoxy) is 1. The number of anilines is 2. The first-order valence-electron chi connectivity index (χ1n) is 11.1. The minimum atomic E-state index is -3.16. The van der Waals surface area contributed by atoms with Gasteiger partial charge in [0.25, 0.3) is 0 Å². The number of nitriles is 1. The number of rotatable bonds is 6. The van der Waals surface area contributed by atoms with E-state index in [9.17, 15) is 8.42 Å². The molecule has 0 radical (unpaired) electrons. The lowest BCUT2D eigenvalue weighted by Gasteiger charge is -2.37. The van der Waals surface area contributed by atoms with Gasteiger partial charge in [0.1, 0.15) is 18.2 Å². The van der Waals surface area contributed by atoms with Crippen LogP contribution in [0, 0.1) is 25.2 Å². The highest BCUT2D eigenvalue weighted by Crippen LogP contribution is 2.43. The molecule has 1 aromatic heterocycles. The smallest absolute Gasteiger partial charge is 0.221 e. The Labute approximate surface area is 188 Å². The third-order valence-electron chi connectivity index (χ3n) is 6.79. The maximum atomic E-state index is 12.9. The van der Waals surface area contributed by atoms with Crippen LogP contribution in [0.2, 0.25) is 0 Å². The molecule has 3 fully saturated rings. The molecule has 8 nitrogen and oxygen atoms in total. The van der Waals surface area contributed by atoms with Gasteiger partial charge in [0.15, 0.2) is 0 Å². The summed E-state index contributed by atoms with van der Waals surface area (Å²) in [5.41, 5.74) is 3.23. The number of aryl methyl sites for hydroxylation is 1. The van der Waals surface area contributed by atoms with Crippen LogP contribution in [0.4, 0.5) is 11.5 Å². The lowest BCUT2D eigenvalue weighted by Crippen LogP contribution is -2.50. The summed E-state index contributed by atoms with van der Waals surface area (Å²) in [4.78, 5) is 8.72. The van der Waals surface area contributed by atoms with Crippen molar-refractivity contribution in [2.24, 2.45) is 0 Å². The molecule has 2 aromatic rings. The number of nitrogens with zero attached hydrogens (tertiary/aromatic N) is 4. The molecular formula is C23H27N5O3S. The Hall–Kier alpha value is -2.70. The van der Waals surface area contributed by atoms with E-state index in [0.717, 1.165) is 42.5 Å². The molecule has 32 heavy (non-hydrogen) atoms. The summed E-state index contributed by atoms with van der Waals surface area (Å²) in [6.45, 7) is 3.86. The number of benzene rings is 1. The van der Waals surface area contributed by atoms with Gasteiger partial charge in [-0.2, -0.15) is 9.57 Å². The minimum Gasteiger partial charge on any atom is -0.474 e. The number of sulfonamides is 1. The van der Waals surface area contributed by atoms with Gasteiger partial charge in [0.05, 0.1) is 22.4 Å². The fourth-order valence-electron chi connectivity index (χ4n) is 4.97. The molecule has 2 saturated heterocycles. The Kier molecular flexibility index (Phi) is 5.30. The third-order valence-corrected chi connectivity index (χ3v) is 9.28. The maximum absolute atomic E-state index is 12.9. The van der Waals surface area contributed by atoms with Crippen molar-refractivity contribution < 1.29 is 13.2 Å². The fourth-order valence-corrected chi connectivity index (χ4v) is 7.26. The van der Waals surface area contributed by atoms with Gasteiger partial charge in [0.2, 0.25) is 15.9 Å². The Morgan fingerprint density at radius 1 is 1.12 bits per heavy atom. The van der Waals surface area contributed by atoms with Gasteiger partial charge < -0.3 is 10.1 Å². The Bertz CT molecular complexity index is 1170. The Morgan fingerprint density at radius 2 is 1.84 bits per heavy atom. The molecule has 1 aromatic carbocycles. The molecular weight excluding hydrogens is 426 g/mol. The van der Waals surface area contributed by atoms with E-state index in [1.807, 2.05) is 26.0 Å². The average Bonchev–Trinajstić information content (AvgIpc) is 3.58. The van der Waals surface area contributed by atoms with Crippen molar-refractivity contribution in [1.29, 1.82) is 5.26 Å². The van der Waals surface area contributed by atoms with Crippen LogP contribution < -0.4 is 10.1 Å². The molecule has 5 rings (SSSR count). The summed E-state index contributed by atoms with van der Waals surface area (Å²) in [5.74, 6) is 1.18. The summed E-state index contributed by atoms with van der Waals surface area (Å²) in [5, 5.41) is 12.2. The third kappa shape index (κ3) is 3.82. The molecule has 2 bridgehead atoms. The van der Waals surface area contributed by atoms with Gasteiger partial charge in [-0.25, -0.2) is 18.4 Å². The summed E-state index contributed by atoms with van der Waals surface area (Å²) < 4.78 is 33.8. The predicted octanol–water partition coefficient (Wildman–Crippen LogP) is 3.58. The van der Waals surface area contributed by atoms with Crippen LogP contribution >= 0.6 is 0 Å². The molecule has 3 aliphatic rings. The standard InChI is InChI=1S/C23H27N5O3S/c1-14-9-16(12-24)3-8-21(14)27-22-15(2)23(26-13-25-22)31-19-10-17-4-5-18(11-19)28(17)32(29,30)20-6-7-20/h3,8-9,13,17-20H,4-7,10-11H2,1-2H3,(H,25,26,27). The zero-order valence-corrected chi connectivity index (χ0v) is 19.1. The van der Waals surface area contributed by atoms with Crippen molar-refractivity contribution in [2.75, 3.05) is 5.32 Å². The van der Waals surface area contributed by atoms with E-state index >= 15 is 0 Å². The Balaban J connectivity index is 1.30. The first-order valence-corrected chi connectivity index (χ1v) is 12.7. The van der Waals surface area contributed by atoms with E-state index in [0.29, 0.717) is 30.1 Å². The summed E-state index contributed by atoms with van der Waals surface area (Å²) in [6, 6.07) is 7.67. The van der Waals surface area contributed by atoms with Gasteiger partial charge in [-0.3, -0.25) is 0 Å². The molecule has 0 amide bonds.